The maximum atomic E-state index is 4.35. The Balaban J connectivity index is 0.000000138. The largest absolute Gasteiger partial charge is 0.264 e. The number of nitrogens with zero attached hydrogens (tertiary/aromatic N) is 8. The van der Waals surface area contributed by atoms with Crippen molar-refractivity contribution < 1.29 is 0 Å². The quantitative estimate of drug-likeness (QED) is 0.148. The van der Waals surface area contributed by atoms with Crippen molar-refractivity contribution in [1.82, 2.24) is 39.9 Å². The lowest BCUT2D eigenvalue weighted by atomic mass is 10.0. The molecule has 0 aliphatic rings. The van der Waals surface area contributed by atoms with E-state index in [4.69, 9.17) is 0 Å². The Kier molecular flexibility index (Phi) is 30.0. The van der Waals surface area contributed by atoms with Gasteiger partial charge in [0.15, 0.2) is 0 Å². The molecule has 16 rings (SSSR count). The van der Waals surface area contributed by atoms with Gasteiger partial charge in [-0.2, -0.15) is 0 Å². The summed E-state index contributed by atoms with van der Waals surface area (Å²) in [6.45, 7) is 16.4. The summed E-state index contributed by atoms with van der Waals surface area (Å²) in [6, 6.07) is 109. The fourth-order valence-corrected chi connectivity index (χ4v) is 10.7. The van der Waals surface area contributed by atoms with E-state index >= 15 is 0 Å². The van der Waals surface area contributed by atoms with Crippen LogP contribution in [0.3, 0.4) is 0 Å². The predicted molar refractivity (Wildman–Crippen MR) is 435 cm³/mol. The number of benzene rings is 8. The average molecular weight is 1350 g/mol. The first-order valence-corrected chi connectivity index (χ1v) is 34.7. The highest BCUT2D eigenvalue weighted by Gasteiger charge is 2.04. The topological polar surface area (TPSA) is 103 Å². The van der Waals surface area contributed by atoms with E-state index in [1.807, 2.05) is 265 Å². The highest BCUT2D eigenvalue weighted by molar-refractivity contribution is 5.69. The van der Waals surface area contributed by atoms with Crippen LogP contribution >= 0.6 is 0 Å². The lowest BCUT2D eigenvalue weighted by molar-refractivity contribution is 1.20. The summed E-state index contributed by atoms with van der Waals surface area (Å²) in [6.07, 6.45) is 20.5. The second-order valence-corrected chi connectivity index (χ2v) is 24.5. The van der Waals surface area contributed by atoms with Gasteiger partial charge in [-0.25, -0.2) is 0 Å². The Morgan fingerprint density at radius 3 is 1.18 bits per heavy atom. The first kappa shape index (κ1) is 75.2. The van der Waals surface area contributed by atoms with Crippen LogP contribution in [-0.2, 0) is 0 Å². The molecule has 8 aromatic carbocycles. The number of aromatic nitrogens is 8. The molecule has 8 nitrogen and oxygen atoms in total. The molecule has 512 valence electrons. The fourth-order valence-electron chi connectivity index (χ4n) is 10.7. The van der Waals surface area contributed by atoms with Gasteiger partial charge in [0.1, 0.15) is 0 Å². The highest BCUT2D eigenvalue weighted by atomic mass is 14.7. The van der Waals surface area contributed by atoms with E-state index in [2.05, 4.69) is 220 Å². The zero-order chi connectivity index (χ0) is 72.8. The van der Waals surface area contributed by atoms with Crippen LogP contribution < -0.4 is 0 Å². The zero-order valence-electron chi connectivity index (χ0n) is 60.5. The van der Waals surface area contributed by atoms with E-state index in [1.165, 1.54) is 106 Å². The van der Waals surface area contributed by atoms with Crippen LogP contribution in [0, 0.1) is 55.4 Å². The van der Waals surface area contributed by atoms with Crippen LogP contribution in [0.15, 0.2) is 390 Å². The lowest BCUT2D eigenvalue weighted by Gasteiger charge is -2.03. The van der Waals surface area contributed by atoms with Gasteiger partial charge in [-0.05, 0) is 188 Å². The Morgan fingerprint density at radius 2 is 0.683 bits per heavy atom. The van der Waals surface area contributed by atoms with Gasteiger partial charge >= 0.3 is 0 Å². The standard InChI is InChI=1S/8C12H11N/c1-10-6-5-9-13-12(10)11-7-3-2-4-8-11;1-10-7-12(9-13-8-10)11-5-3-2-4-6-11;1-10-9-13-8-7-12(10)11-5-3-2-4-6-11;1-10-9-12(7-8-13-10)11-5-3-2-4-6-11;1-10-7-8-13-9-12(10)11-5-3-2-4-6-11;1-10-7-8-12(9-13-10)11-5-3-2-4-6-11;1-10-7-8-13-12(9-10)11-5-3-2-4-6-11;1-10-7-8-12(13-9-10)11-5-3-2-4-6-11/h8*2-9H,1H3. The van der Waals surface area contributed by atoms with E-state index in [0.717, 1.165) is 28.5 Å². The molecule has 0 bridgehead atoms. The normalized spacial score (nSPS) is 9.92. The Hall–Kier alpha value is -13.0. The number of hydrogen-bond donors (Lipinski definition) is 0. The summed E-state index contributed by atoms with van der Waals surface area (Å²) in [5.41, 5.74) is 28.3. The van der Waals surface area contributed by atoms with Crippen molar-refractivity contribution in [2.75, 3.05) is 0 Å². The van der Waals surface area contributed by atoms with Crippen LogP contribution in [0.2, 0.25) is 0 Å². The van der Waals surface area contributed by atoms with E-state index in [1.54, 1.807) is 0 Å². The van der Waals surface area contributed by atoms with Gasteiger partial charge in [0, 0.05) is 113 Å². The van der Waals surface area contributed by atoms with Gasteiger partial charge in [0.25, 0.3) is 0 Å². The van der Waals surface area contributed by atoms with Crippen molar-refractivity contribution >= 4 is 0 Å². The summed E-state index contributed by atoms with van der Waals surface area (Å²) in [5.74, 6) is 0. The molecule has 0 saturated carbocycles. The molecule has 16 aromatic rings. The van der Waals surface area contributed by atoms with Gasteiger partial charge in [0.05, 0.1) is 17.1 Å². The molecule has 0 aliphatic carbocycles. The van der Waals surface area contributed by atoms with Crippen molar-refractivity contribution in [3.63, 3.8) is 0 Å². The number of hydrogen-bond acceptors (Lipinski definition) is 8. The van der Waals surface area contributed by atoms with Crippen LogP contribution in [0.5, 0.6) is 0 Å². The molecule has 0 atom stereocenters. The van der Waals surface area contributed by atoms with E-state index in [-0.39, 0.29) is 0 Å². The van der Waals surface area contributed by atoms with Crippen molar-refractivity contribution in [3.8, 4) is 89.4 Å². The summed E-state index contributed by atoms with van der Waals surface area (Å²) in [5, 5.41) is 0. The second-order valence-electron chi connectivity index (χ2n) is 24.5. The molecule has 0 N–H and O–H groups in total. The molecule has 0 radical (unpaired) electrons. The Morgan fingerprint density at radius 1 is 0.183 bits per heavy atom. The third-order valence-corrected chi connectivity index (χ3v) is 16.3. The van der Waals surface area contributed by atoms with Gasteiger partial charge in [-0.3, -0.25) is 39.9 Å². The molecule has 8 heteroatoms. The summed E-state index contributed by atoms with van der Waals surface area (Å²) < 4.78 is 0. The zero-order valence-corrected chi connectivity index (χ0v) is 60.5. The molecule has 8 aromatic heterocycles. The van der Waals surface area contributed by atoms with Gasteiger partial charge in [0.2, 0.25) is 0 Å². The highest BCUT2D eigenvalue weighted by Crippen LogP contribution is 2.26. The van der Waals surface area contributed by atoms with Crippen LogP contribution in [0.25, 0.3) is 89.4 Å². The minimum Gasteiger partial charge on any atom is -0.264 e. The molecule has 0 saturated heterocycles. The first-order chi connectivity index (χ1) is 50.9. The number of aryl methyl sites for hydroxylation is 8. The smallest absolute Gasteiger partial charge is 0.0731 e. The first-order valence-electron chi connectivity index (χ1n) is 34.7. The molecule has 0 unspecified atom stereocenters. The SMILES string of the molecule is Cc1cc(-c2ccccc2)ccn1.Cc1ccc(-c2ccccc2)cn1.Cc1ccc(-c2ccccc2)nc1.Cc1cccnc1-c1ccccc1.Cc1ccnc(-c2ccccc2)c1.Cc1ccncc1-c1ccccc1.Cc1cncc(-c2ccccc2)c1.Cc1cnccc1-c1ccccc1. The van der Waals surface area contributed by atoms with Gasteiger partial charge in [-0.15, -0.1) is 0 Å². The van der Waals surface area contributed by atoms with Crippen molar-refractivity contribution in [2.45, 2.75) is 55.4 Å². The molecule has 0 amide bonds. The maximum absolute atomic E-state index is 4.35. The van der Waals surface area contributed by atoms with Crippen LogP contribution in [0.1, 0.15) is 44.8 Å². The summed E-state index contributed by atoms with van der Waals surface area (Å²) >= 11 is 0. The predicted octanol–water partition coefficient (Wildman–Crippen LogP) is 24.5. The Bertz CT molecular complexity index is 4590. The van der Waals surface area contributed by atoms with E-state index < -0.39 is 0 Å². The molecule has 0 aliphatic heterocycles. The molecule has 8 heterocycles. The van der Waals surface area contributed by atoms with Gasteiger partial charge < -0.3 is 0 Å². The lowest BCUT2D eigenvalue weighted by Crippen LogP contribution is -1.85. The van der Waals surface area contributed by atoms with Crippen molar-refractivity contribution in [1.29, 1.82) is 0 Å². The number of pyridine rings is 8. The molecule has 0 fully saturated rings. The molecule has 104 heavy (non-hydrogen) atoms. The minimum absolute atomic E-state index is 1.03. The van der Waals surface area contributed by atoms with Crippen molar-refractivity contribution in [2.24, 2.45) is 0 Å². The monoisotopic (exact) mass is 1350 g/mol. The number of rotatable bonds is 8. The minimum atomic E-state index is 1.03. The average Bonchev–Trinajstić information content (AvgIpc) is 0.868. The summed E-state index contributed by atoms with van der Waals surface area (Å²) in [4.78, 5) is 33.8. The fraction of sp³-hybridized carbons (Fsp3) is 0.0833. The second kappa shape index (κ2) is 41.5. The molecule has 0 spiro atoms. The van der Waals surface area contributed by atoms with E-state index in [9.17, 15) is 0 Å². The summed E-state index contributed by atoms with van der Waals surface area (Å²) in [7, 11) is 0. The third-order valence-electron chi connectivity index (χ3n) is 16.3. The third kappa shape index (κ3) is 25.0. The van der Waals surface area contributed by atoms with Crippen molar-refractivity contribution in [3.05, 3.63) is 434 Å². The van der Waals surface area contributed by atoms with Crippen LogP contribution in [-0.4, -0.2) is 39.9 Å². The van der Waals surface area contributed by atoms with Crippen LogP contribution in [0.4, 0.5) is 0 Å². The van der Waals surface area contributed by atoms with Gasteiger partial charge in [-0.1, -0.05) is 261 Å². The maximum Gasteiger partial charge on any atom is 0.0731 e. The Labute approximate surface area is 615 Å². The van der Waals surface area contributed by atoms with E-state index in [0.29, 0.717) is 0 Å². The molecular formula is C96H88N8. The molecular weight excluding hydrogens is 1270 g/mol.